The Bertz CT molecular complexity index is 534. The van der Waals surface area contributed by atoms with Gasteiger partial charge in [0.1, 0.15) is 0 Å². The van der Waals surface area contributed by atoms with E-state index < -0.39 is 0 Å². The molecule has 2 aromatic rings. The zero-order valence-electron chi connectivity index (χ0n) is 11.8. The van der Waals surface area contributed by atoms with Gasteiger partial charge in [0, 0.05) is 30.4 Å². The zero-order chi connectivity index (χ0) is 14.8. The second-order valence-electron chi connectivity index (χ2n) is 4.47. The third-order valence-electron chi connectivity index (χ3n) is 2.78. The monoisotopic (exact) mass is 301 g/mol. The van der Waals surface area contributed by atoms with Crippen molar-refractivity contribution in [3.8, 4) is 0 Å². The van der Waals surface area contributed by atoms with Crippen molar-refractivity contribution < 1.29 is 4.79 Å². The minimum absolute atomic E-state index is 0.0743. The summed E-state index contributed by atoms with van der Waals surface area (Å²) in [6.07, 6.45) is 4.42. The smallest absolute Gasteiger partial charge is 0.230 e. The molecule has 1 aromatic carbocycles. The van der Waals surface area contributed by atoms with E-state index in [1.807, 2.05) is 42.5 Å². The molecule has 21 heavy (non-hydrogen) atoms. The largest absolute Gasteiger partial charge is 0.384 e. The van der Waals surface area contributed by atoms with Crippen LogP contribution in [0.2, 0.25) is 0 Å². The van der Waals surface area contributed by atoms with Crippen molar-refractivity contribution in [3.63, 3.8) is 0 Å². The predicted molar refractivity (Wildman–Crippen MR) is 87.5 cm³/mol. The Balaban J connectivity index is 1.53. The van der Waals surface area contributed by atoms with Crippen LogP contribution in [-0.4, -0.2) is 29.7 Å². The van der Waals surface area contributed by atoms with E-state index in [9.17, 15) is 4.79 Å². The number of amides is 1. The van der Waals surface area contributed by atoms with Crippen LogP contribution in [0.4, 0.5) is 5.69 Å². The first-order valence-corrected chi connectivity index (χ1v) is 7.91. The number of pyridine rings is 1. The van der Waals surface area contributed by atoms with Gasteiger partial charge in [-0.25, -0.2) is 0 Å². The lowest BCUT2D eigenvalue weighted by Gasteiger charge is -2.07. The maximum atomic E-state index is 11.7. The number of hydrogen-bond donors (Lipinski definition) is 2. The molecule has 0 saturated carbocycles. The molecule has 0 saturated heterocycles. The van der Waals surface area contributed by atoms with E-state index in [-0.39, 0.29) is 5.91 Å². The Morgan fingerprint density at radius 2 is 1.95 bits per heavy atom. The Morgan fingerprint density at radius 1 is 1.10 bits per heavy atom. The lowest BCUT2D eigenvalue weighted by atomic mass is 10.3. The van der Waals surface area contributed by atoms with Crippen LogP contribution in [0.3, 0.4) is 0 Å². The van der Waals surface area contributed by atoms with Crippen LogP contribution in [0.1, 0.15) is 6.42 Å². The molecule has 1 amide bonds. The van der Waals surface area contributed by atoms with Gasteiger partial charge in [0.15, 0.2) is 0 Å². The van der Waals surface area contributed by atoms with Gasteiger partial charge in [-0.15, -0.1) is 11.8 Å². The van der Waals surface area contributed by atoms with Gasteiger partial charge in [-0.2, -0.15) is 0 Å². The quantitative estimate of drug-likeness (QED) is 0.581. The highest BCUT2D eigenvalue weighted by molar-refractivity contribution is 8.00. The van der Waals surface area contributed by atoms with Crippen molar-refractivity contribution in [2.24, 2.45) is 0 Å². The van der Waals surface area contributed by atoms with Crippen LogP contribution in [0.25, 0.3) is 0 Å². The molecular formula is C16H19N3OS. The molecule has 0 aliphatic carbocycles. The number of aromatic nitrogens is 1. The fourth-order valence-corrected chi connectivity index (χ4v) is 2.48. The van der Waals surface area contributed by atoms with Crippen LogP contribution in [0.15, 0.2) is 59.8 Å². The van der Waals surface area contributed by atoms with Crippen LogP contribution in [-0.2, 0) is 4.79 Å². The maximum Gasteiger partial charge on any atom is 0.230 e. The van der Waals surface area contributed by atoms with Crippen LogP contribution < -0.4 is 10.6 Å². The summed E-state index contributed by atoms with van der Waals surface area (Å²) in [5.41, 5.74) is 1.00. The summed E-state index contributed by atoms with van der Waals surface area (Å²) in [4.78, 5) is 16.8. The zero-order valence-corrected chi connectivity index (χ0v) is 12.6. The van der Waals surface area contributed by atoms with Gasteiger partial charge in [-0.05, 0) is 30.7 Å². The summed E-state index contributed by atoms with van der Waals surface area (Å²) in [6.45, 7) is 1.50. The molecule has 0 aliphatic heterocycles. The standard InChI is InChI=1S/C16H19N3OS/c20-16(13-21-15-7-2-1-3-8-15)19-11-5-10-18-14-6-4-9-17-12-14/h1-4,6-9,12,18H,5,10-11,13H2,(H,19,20). The molecule has 0 unspecified atom stereocenters. The van der Waals surface area contributed by atoms with Gasteiger partial charge in [-0.3, -0.25) is 9.78 Å². The van der Waals surface area contributed by atoms with Crippen molar-refractivity contribution in [1.29, 1.82) is 0 Å². The predicted octanol–water partition coefficient (Wildman–Crippen LogP) is 2.79. The molecule has 2 N–H and O–H groups in total. The fraction of sp³-hybridized carbons (Fsp3) is 0.250. The number of carbonyl (C=O) groups is 1. The summed E-state index contributed by atoms with van der Waals surface area (Å²) in [5, 5.41) is 6.18. The molecule has 0 fully saturated rings. The molecule has 0 spiro atoms. The topological polar surface area (TPSA) is 54.0 Å². The van der Waals surface area contributed by atoms with Gasteiger partial charge < -0.3 is 10.6 Å². The van der Waals surface area contributed by atoms with Gasteiger partial charge in [0.2, 0.25) is 5.91 Å². The highest BCUT2D eigenvalue weighted by Gasteiger charge is 2.01. The highest BCUT2D eigenvalue weighted by Crippen LogP contribution is 2.16. The number of anilines is 1. The minimum atomic E-state index is 0.0743. The van der Waals surface area contributed by atoms with Crippen LogP contribution in [0, 0.1) is 0 Å². The van der Waals surface area contributed by atoms with E-state index in [1.54, 1.807) is 24.2 Å². The first-order valence-electron chi connectivity index (χ1n) is 6.93. The van der Waals surface area contributed by atoms with Gasteiger partial charge in [0.25, 0.3) is 0 Å². The van der Waals surface area contributed by atoms with Crippen molar-refractivity contribution in [2.75, 3.05) is 24.2 Å². The summed E-state index contributed by atoms with van der Waals surface area (Å²) in [7, 11) is 0. The number of hydrogen-bond acceptors (Lipinski definition) is 4. The molecule has 0 aliphatic rings. The van der Waals surface area contributed by atoms with Gasteiger partial charge >= 0.3 is 0 Å². The summed E-state index contributed by atoms with van der Waals surface area (Å²) >= 11 is 1.55. The molecule has 110 valence electrons. The molecule has 0 radical (unpaired) electrons. The summed E-state index contributed by atoms with van der Waals surface area (Å²) in [5.74, 6) is 0.533. The second kappa shape index (κ2) is 9.02. The van der Waals surface area contributed by atoms with Gasteiger partial charge in [0.05, 0.1) is 11.4 Å². The highest BCUT2D eigenvalue weighted by atomic mass is 32.2. The number of carbonyl (C=O) groups excluding carboxylic acids is 1. The van der Waals surface area contributed by atoms with Crippen molar-refractivity contribution >= 4 is 23.4 Å². The number of rotatable bonds is 8. The van der Waals surface area contributed by atoms with Crippen LogP contribution in [0.5, 0.6) is 0 Å². The van der Waals surface area contributed by atoms with Crippen molar-refractivity contribution in [2.45, 2.75) is 11.3 Å². The van der Waals surface area contributed by atoms with E-state index in [1.165, 1.54) is 0 Å². The molecule has 5 heteroatoms. The van der Waals surface area contributed by atoms with Crippen molar-refractivity contribution in [1.82, 2.24) is 10.3 Å². The van der Waals surface area contributed by atoms with E-state index >= 15 is 0 Å². The van der Waals surface area contributed by atoms with Crippen LogP contribution >= 0.6 is 11.8 Å². The molecule has 1 aromatic heterocycles. The summed E-state index contributed by atoms with van der Waals surface area (Å²) in [6, 6.07) is 13.8. The first-order chi connectivity index (χ1) is 10.3. The number of benzene rings is 1. The van der Waals surface area contributed by atoms with E-state index in [2.05, 4.69) is 15.6 Å². The van der Waals surface area contributed by atoms with E-state index in [0.29, 0.717) is 12.3 Å². The molecule has 0 atom stereocenters. The Hall–Kier alpha value is -2.01. The number of nitrogens with zero attached hydrogens (tertiary/aromatic N) is 1. The van der Waals surface area contributed by atoms with E-state index in [0.717, 1.165) is 23.5 Å². The van der Waals surface area contributed by atoms with Crippen molar-refractivity contribution in [3.05, 3.63) is 54.9 Å². The Morgan fingerprint density at radius 3 is 2.71 bits per heavy atom. The summed E-state index contributed by atoms with van der Waals surface area (Å²) < 4.78 is 0. The Labute approximate surface area is 129 Å². The minimum Gasteiger partial charge on any atom is -0.384 e. The lowest BCUT2D eigenvalue weighted by molar-refractivity contribution is -0.118. The molecule has 0 bridgehead atoms. The van der Waals surface area contributed by atoms with E-state index in [4.69, 9.17) is 0 Å². The SMILES string of the molecule is O=C(CSc1ccccc1)NCCCNc1cccnc1. The molecule has 4 nitrogen and oxygen atoms in total. The second-order valence-corrected chi connectivity index (χ2v) is 5.52. The van der Waals surface area contributed by atoms with Gasteiger partial charge in [-0.1, -0.05) is 18.2 Å². The third kappa shape index (κ3) is 6.31. The fourth-order valence-electron chi connectivity index (χ4n) is 1.73. The molecule has 1 heterocycles. The lowest BCUT2D eigenvalue weighted by Crippen LogP contribution is -2.27. The normalized spacial score (nSPS) is 10.1. The first kappa shape index (κ1) is 15.4. The number of thioether (sulfide) groups is 1. The Kier molecular flexibility index (Phi) is 6.61. The third-order valence-corrected chi connectivity index (χ3v) is 3.79. The number of nitrogens with one attached hydrogen (secondary N) is 2. The molecule has 2 rings (SSSR count). The average molecular weight is 301 g/mol. The molecular weight excluding hydrogens is 282 g/mol. The average Bonchev–Trinajstić information content (AvgIpc) is 2.54. The maximum absolute atomic E-state index is 11.7.